The smallest absolute Gasteiger partial charge is 0.407 e. The number of fused-ring (bicyclic) bond motifs is 4. The normalized spacial score (nSPS) is 12.6. The van der Waals surface area contributed by atoms with Gasteiger partial charge in [0.15, 0.2) is 5.82 Å². The lowest BCUT2D eigenvalue weighted by Gasteiger charge is -2.12. The van der Waals surface area contributed by atoms with E-state index in [1.54, 1.807) is 18.2 Å². The Morgan fingerprint density at radius 2 is 1.93 bits per heavy atom. The van der Waals surface area contributed by atoms with E-state index in [2.05, 4.69) is 10.3 Å². The highest BCUT2D eigenvalue weighted by molar-refractivity contribution is 6.67. The molecule has 0 saturated heterocycles. The van der Waals surface area contributed by atoms with Crippen molar-refractivity contribution in [3.05, 3.63) is 69.5 Å². The predicted octanol–water partition coefficient (Wildman–Crippen LogP) is 3.67. The summed E-state index contributed by atoms with van der Waals surface area (Å²) in [4.78, 5) is 41.5. The molecule has 30 heavy (non-hydrogen) atoms. The zero-order chi connectivity index (χ0) is 21.6. The first-order chi connectivity index (χ1) is 14.1. The van der Waals surface area contributed by atoms with E-state index in [9.17, 15) is 18.8 Å². The fourth-order valence-corrected chi connectivity index (χ4v) is 3.26. The van der Waals surface area contributed by atoms with Crippen molar-refractivity contribution < 1.29 is 18.7 Å². The van der Waals surface area contributed by atoms with Crippen LogP contribution in [-0.2, 0) is 11.3 Å². The van der Waals surface area contributed by atoms with E-state index in [0.717, 1.165) is 10.6 Å². The molecule has 1 amide bonds. The molecule has 0 bridgehead atoms. The Hall–Kier alpha value is -2.68. The Morgan fingerprint density at radius 1 is 1.17 bits per heavy atom. The molecule has 0 unspecified atom stereocenters. The number of halogens is 4. The second-order valence-electron chi connectivity index (χ2n) is 6.46. The summed E-state index contributed by atoms with van der Waals surface area (Å²) >= 11 is 16.5. The number of alkyl carbamates (subject to hydrolysis) is 1. The number of rotatable bonds is 3. The summed E-state index contributed by atoms with van der Waals surface area (Å²) < 4.78 is 17.7. The van der Waals surface area contributed by atoms with E-state index in [0.29, 0.717) is 11.1 Å². The van der Waals surface area contributed by atoms with Crippen LogP contribution in [0.1, 0.15) is 21.7 Å². The highest BCUT2D eigenvalue weighted by Gasteiger charge is 2.30. The van der Waals surface area contributed by atoms with Crippen LogP contribution in [-0.4, -0.2) is 31.8 Å². The van der Waals surface area contributed by atoms with E-state index < -0.39 is 33.7 Å². The van der Waals surface area contributed by atoms with Crippen molar-refractivity contribution in [1.82, 2.24) is 14.9 Å². The van der Waals surface area contributed by atoms with Gasteiger partial charge in [-0.2, -0.15) is 0 Å². The van der Waals surface area contributed by atoms with Crippen LogP contribution in [0.15, 0.2) is 41.2 Å². The van der Waals surface area contributed by atoms with Crippen LogP contribution in [0.2, 0.25) is 0 Å². The zero-order valence-corrected chi connectivity index (χ0v) is 17.2. The lowest BCUT2D eigenvalue weighted by molar-refractivity contribution is 0.103. The van der Waals surface area contributed by atoms with Gasteiger partial charge in [-0.15, -0.1) is 0 Å². The number of ether oxygens (including phenoxy) is 1. The molecule has 0 spiro atoms. The quantitative estimate of drug-likeness (QED) is 0.462. The largest absolute Gasteiger partial charge is 0.445 e. The van der Waals surface area contributed by atoms with Crippen LogP contribution in [0, 0.1) is 5.82 Å². The summed E-state index contributed by atoms with van der Waals surface area (Å²) in [7, 11) is 0. The first-order valence-corrected chi connectivity index (χ1v) is 9.65. The van der Waals surface area contributed by atoms with Crippen LogP contribution < -0.4 is 10.9 Å². The Labute approximate surface area is 183 Å². The van der Waals surface area contributed by atoms with Crippen LogP contribution in [0.5, 0.6) is 0 Å². The third kappa shape index (κ3) is 3.86. The second kappa shape index (κ2) is 7.54. The molecule has 2 heterocycles. The monoisotopic (exact) mass is 469 g/mol. The number of alkyl halides is 3. The third-order valence-corrected chi connectivity index (χ3v) is 4.71. The van der Waals surface area contributed by atoms with Crippen LogP contribution in [0.4, 0.5) is 9.18 Å². The van der Waals surface area contributed by atoms with Crippen molar-refractivity contribution in [3.63, 3.8) is 0 Å². The number of ketones is 1. The van der Waals surface area contributed by atoms with Gasteiger partial charge in [0, 0.05) is 6.54 Å². The molecule has 0 radical (unpaired) electrons. The number of benzene rings is 2. The summed E-state index contributed by atoms with van der Waals surface area (Å²) in [6.07, 6.45) is -0.799. The minimum atomic E-state index is -1.72. The summed E-state index contributed by atoms with van der Waals surface area (Å²) in [5, 5.41) is 2.71. The standard InChI is InChI=1S/C19H11Cl3FN3O4/c20-19(21,22)8-30-18(29)24-7-9-1-3-13-11(5-9)17(28)26-14-4-2-10(23)6-12(14)15(27)16(26)25-13/h1-6H,7-8H2,(H,24,29). The van der Waals surface area contributed by atoms with Gasteiger partial charge in [-0.1, -0.05) is 40.9 Å². The van der Waals surface area contributed by atoms with Gasteiger partial charge in [0.2, 0.25) is 9.58 Å². The van der Waals surface area contributed by atoms with Gasteiger partial charge < -0.3 is 10.1 Å². The molecule has 1 N–H and O–H groups in total. The topological polar surface area (TPSA) is 90.3 Å². The molecular weight excluding hydrogens is 460 g/mol. The van der Waals surface area contributed by atoms with Crippen molar-refractivity contribution in [2.75, 3.05) is 6.61 Å². The minimum absolute atomic E-state index is 0.0382. The van der Waals surface area contributed by atoms with Crippen molar-refractivity contribution >= 4 is 57.6 Å². The fourth-order valence-electron chi connectivity index (χ4n) is 3.10. The van der Waals surface area contributed by atoms with Gasteiger partial charge in [0.1, 0.15) is 12.4 Å². The fraction of sp³-hybridized carbons (Fsp3) is 0.158. The van der Waals surface area contributed by atoms with E-state index in [1.807, 2.05) is 0 Å². The first kappa shape index (κ1) is 20.6. The summed E-state index contributed by atoms with van der Waals surface area (Å²) in [6.45, 7) is -0.386. The number of nitrogens with one attached hydrogen (secondary N) is 1. The minimum Gasteiger partial charge on any atom is -0.445 e. The third-order valence-electron chi connectivity index (χ3n) is 4.38. The molecule has 1 aliphatic heterocycles. The van der Waals surface area contributed by atoms with E-state index in [1.165, 1.54) is 12.1 Å². The predicted molar refractivity (Wildman–Crippen MR) is 109 cm³/mol. The molecule has 11 heteroatoms. The van der Waals surface area contributed by atoms with Crippen molar-refractivity contribution in [2.24, 2.45) is 0 Å². The summed E-state index contributed by atoms with van der Waals surface area (Å²) in [5.41, 5.74) is 0.754. The molecule has 0 fully saturated rings. The zero-order valence-electron chi connectivity index (χ0n) is 14.9. The molecule has 0 aliphatic carbocycles. The van der Waals surface area contributed by atoms with Crippen molar-refractivity contribution in [3.8, 4) is 5.69 Å². The Balaban J connectivity index is 1.64. The number of nitrogens with zero attached hydrogens (tertiary/aromatic N) is 2. The maximum Gasteiger partial charge on any atom is 0.407 e. The average molecular weight is 471 g/mol. The molecule has 4 rings (SSSR count). The number of hydrogen-bond donors (Lipinski definition) is 1. The summed E-state index contributed by atoms with van der Waals surface area (Å²) in [6, 6.07) is 8.33. The van der Waals surface area contributed by atoms with Gasteiger partial charge >= 0.3 is 6.09 Å². The Bertz CT molecular complexity index is 1270. The highest BCUT2D eigenvalue weighted by Crippen LogP contribution is 2.27. The van der Waals surface area contributed by atoms with E-state index in [4.69, 9.17) is 39.5 Å². The molecule has 0 saturated carbocycles. The van der Waals surface area contributed by atoms with Crippen LogP contribution in [0.25, 0.3) is 16.6 Å². The van der Waals surface area contributed by atoms with Gasteiger partial charge in [0.05, 0.1) is 22.2 Å². The maximum absolute atomic E-state index is 13.5. The Kier molecular flexibility index (Phi) is 5.17. The number of hydrogen-bond acceptors (Lipinski definition) is 5. The first-order valence-electron chi connectivity index (χ1n) is 8.52. The number of carbonyl (C=O) groups is 2. The number of aromatic nitrogens is 2. The molecule has 2 aromatic carbocycles. The van der Waals surface area contributed by atoms with Crippen LogP contribution in [0.3, 0.4) is 0 Å². The molecular formula is C19H11Cl3FN3O4. The van der Waals surface area contributed by atoms with Gasteiger partial charge in [-0.05, 0) is 35.9 Å². The molecule has 3 aromatic rings. The maximum atomic E-state index is 13.5. The van der Waals surface area contributed by atoms with Crippen molar-refractivity contribution in [2.45, 2.75) is 10.3 Å². The SMILES string of the molecule is O=C(NCc1ccc2nc3n(c(=O)c2c1)-c1ccc(F)cc1C3=O)OCC(Cl)(Cl)Cl. The molecule has 154 valence electrons. The molecule has 1 aromatic heterocycles. The van der Waals surface area contributed by atoms with E-state index >= 15 is 0 Å². The van der Waals surface area contributed by atoms with Crippen molar-refractivity contribution in [1.29, 1.82) is 0 Å². The van der Waals surface area contributed by atoms with Gasteiger partial charge in [-0.3, -0.25) is 14.2 Å². The lowest BCUT2D eigenvalue weighted by atomic mass is 10.1. The average Bonchev–Trinajstić information content (AvgIpc) is 2.96. The van der Waals surface area contributed by atoms with E-state index in [-0.39, 0.29) is 29.0 Å². The Morgan fingerprint density at radius 3 is 2.67 bits per heavy atom. The number of carbonyl (C=O) groups excluding carboxylic acids is 2. The van der Waals surface area contributed by atoms with Crippen LogP contribution >= 0.6 is 34.8 Å². The second-order valence-corrected chi connectivity index (χ2v) is 8.98. The highest BCUT2D eigenvalue weighted by atomic mass is 35.6. The molecule has 0 atom stereocenters. The number of amides is 1. The lowest BCUT2D eigenvalue weighted by Crippen LogP contribution is -2.27. The van der Waals surface area contributed by atoms with Gasteiger partial charge in [-0.25, -0.2) is 14.2 Å². The van der Waals surface area contributed by atoms with Gasteiger partial charge in [0.25, 0.3) is 5.56 Å². The summed E-state index contributed by atoms with van der Waals surface area (Å²) in [5.74, 6) is -1.18. The molecule has 7 nitrogen and oxygen atoms in total. The molecule has 1 aliphatic rings.